The van der Waals surface area contributed by atoms with Gasteiger partial charge in [-0.15, -0.1) is 0 Å². The van der Waals surface area contributed by atoms with Gasteiger partial charge in [0.2, 0.25) is 0 Å². The zero-order valence-electron chi connectivity index (χ0n) is 18.4. The molecule has 2 aromatic heterocycles. The summed E-state index contributed by atoms with van der Waals surface area (Å²) in [4.78, 5) is 19.7. The Bertz CT molecular complexity index is 1060. The summed E-state index contributed by atoms with van der Waals surface area (Å²) < 4.78 is 10.7. The molecule has 1 amide bonds. The molecule has 3 heterocycles. The van der Waals surface area contributed by atoms with Crippen LogP contribution in [0.3, 0.4) is 0 Å². The van der Waals surface area contributed by atoms with Crippen LogP contribution < -0.4 is 4.74 Å². The maximum Gasteiger partial charge on any atom is 0.276 e. The van der Waals surface area contributed by atoms with Crippen LogP contribution in [0.25, 0.3) is 11.1 Å². The van der Waals surface area contributed by atoms with Crippen molar-refractivity contribution in [3.05, 3.63) is 65.3 Å². The number of carbonyl (C=O) groups is 1. The maximum absolute atomic E-state index is 13.0. The quantitative estimate of drug-likeness (QED) is 0.561. The third kappa shape index (κ3) is 4.79. The number of ether oxygens (including phenoxy) is 1. The summed E-state index contributed by atoms with van der Waals surface area (Å²) in [5.41, 5.74) is 4.62. The van der Waals surface area contributed by atoms with Gasteiger partial charge in [0, 0.05) is 42.9 Å². The topological polar surface area (TPSA) is 68.5 Å². The predicted molar refractivity (Wildman–Crippen MR) is 119 cm³/mol. The van der Waals surface area contributed by atoms with Crippen LogP contribution in [0.2, 0.25) is 0 Å². The first-order valence-corrected chi connectivity index (χ1v) is 10.9. The van der Waals surface area contributed by atoms with Gasteiger partial charge in [-0.2, -0.15) is 0 Å². The highest BCUT2D eigenvalue weighted by Gasteiger charge is 2.28. The first-order chi connectivity index (χ1) is 15.1. The van der Waals surface area contributed by atoms with Gasteiger partial charge in [-0.05, 0) is 61.6 Å². The van der Waals surface area contributed by atoms with E-state index in [0.29, 0.717) is 12.2 Å². The molecule has 1 unspecified atom stereocenters. The molecule has 6 heteroatoms. The lowest BCUT2D eigenvalue weighted by Crippen LogP contribution is -2.39. The number of aryl methyl sites for hydroxylation is 2. The minimum atomic E-state index is -0.0588. The van der Waals surface area contributed by atoms with Gasteiger partial charge in [0.05, 0.1) is 7.11 Å². The fourth-order valence-electron chi connectivity index (χ4n) is 4.22. The Morgan fingerprint density at radius 3 is 2.90 bits per heavy atom. The van der Waals surface area contributed by atoms with Crippen LogP contribution in [-0.2, 0) is 6.42 Å². The molecule has 1 aliphatic rings. The summed E-state index contributed by atoms with van der Waals surface area (Å²) in [5.74, 6) is 1.74. The summed E-state index contributed by atoms with van der Waals surface area (Å²) in [6, 6.07) is 14.1. The molecule has 0 aliphatic carbocycles. The Kier molecular flexibility index (Phi) is 6.35. The molecule has 31 heavy (non-hydrogen) atoms. The average molecular weight is 420 g/mol. The SMILES string of the molecule is CCCc1cc(C(=O)N2CCCC(c3cc(-c4cccc(OC)c4)cc(C)n3)C2)no1. The Hall–Kier alpha value is -3.15. The zero-order valence-corrected chi connectivity index (χ0v) is 18.4. The third-order valence-electron chi connectivity index (χ3n) is 5.78. The van der Waals surface area contributed by atoms with Crippen molar-refractivity contribution in [1.82, 2.24) is 15.0 Å². The largest absolute Gasteiger partial charge is 0.497 e. The van der Waals surface area contributed by atoms with Gasteiger partial charge in [0.15, 0.2) is 5.69 Å². The summed E-state index contributed by atoms with van der Waals surface area (Å²) in [5, 5.41) is 4.00. The Morgan fingerprint density at radius 1 is 1.23 bits per heavy atom. The number of likely N-dealkylation sites (tertiary alicyclic amines) is 1. The Labute approximate surface area is 183 Å². The van der Waals surface area contributed by atoms with E-state index in [2.05, 4.69) is 30.3 Å². The van der Waals surface area contributed by atoms with Crippen molar-refractivity contribution in [2.24, 2.45) is 0 Å². The number of piperidine rings is 1. The second-order valence-corrected chi connectivity index (χ2v) is 8.17. The van der Waals surface area contributed by atoms with Gasteiger partial charge >= 0.3 is 0 Å². The minimum Gasteiger partial charge on any atom is -0.497 e. The zero-order chi connectivity index (χ0) is 21.8. The van der Waals surface area contributed by atoms with Gasteiger partial charge in [-0.1, -0.05) is 24.2 Å². The maximum atomic E-state index is 13.0. The number of amides is 1. The molecule has 4 rings (SSSR count). The van der Waals surface area contributed by atoms with Gasteiger partial charge in [-0.25, -0.2) is 0 Å². The van der Waals surface area contributed by atoms with E-state index in [1.807, 2.05) is 30.0 Å². The average Bonchev–Trinajstić information content (AvgIpc) is 3.27. The molecule has 0 bridgehead atoms. The van der Waals surface area contributed by atoms with E-state index >= 15 is 0 Å². The minimum absolute atomic E-state index is 0.0588. The molecular weight excluding hydrogens is 390 g/mol. The van der Waals surface area contributed by atoms with Crippen LogP contribution in [-0.4, -0.2) is 41.1 Å². The van der Waals surface area contributed by atoms with Crippen LogP contribution in [0.5, 0.6) is 5.75 Å². The van der Waals surface area contributed by atoms with E-state index in [1.165, 1.54) is 0 Å². The van der Waals surface area contributed by atoms with Crippen LogP contribution in [0, 0.1) is 6.92 Å². The van der Waals surface area contributed by atoms with Crippen molar-refractivity contribution in [3.8, 4) is 16.9 Å². The Morgan fingerprint density at radius 2 is 2.10 bits per heavy atom. The van der Waals surface area contributed by atoms with Gasteiger partial charge < -0.3 is 14.2 Å². The van der Waals surface area contributed by atoms with Crippen LogP contribution in [0.15, 0.2) is 47.0 Å². The second kappa shape index (κ2) is 9.33. The lowest BCUT2D eigenvalue weighted by atomic mass is 9.92. The first-order valence-electron chi connectivity index (χ1n) is 10.9. The van der Waals surface area contributed by atoms with Gasteiger partial charge in [-0.3, -0.25) is 9.78 Å². The molecule has 0 spiro atoms. The highest BCUT2D eigenvalue weighted by atomic mass is 16.5. The van der Waals surface area contributed by atoms with Crippen molar-refractivity contribution in [2.75, 3.05) is 20.2 Å². The number of rotatable bonds is 6. The molecule has 1 saturated heterocycles. The predicted octanol–water partition coefficient (Wildman–Crippen LogP) is 5.03. The van der Waals surface area contributed by atoms with Gasteiger partial charge in [0.1, 0.15) is 11.5 Å². The van der Waals surface area contributed by atoms with E-state index in [4.69, 9.17) is 14.2 Å². The lowest BCUT2D eigenvalue weighted by Gasteiger charge is -2.32. The van der Waals surface area contributed by atoms with Crippen LogP contribution in [0.1, 0.15) is 59.7 Å². The second-order valence-electron chi connectivity index (χ2n) is 8.17. The monoisotopic (exact) mass is 419 g/mol. The Balaban J connectivity index is 1.55. The van der Waals surface area contributed by atoms with E-state index in [0.717, 1.165) is 66.3 Å². The number of methoxy groups -OCH3 is 1. The molecule has 6 nitrogen and oxygen atoms in total. The van der Waals surface area contributed by atoms with Crippen molar-refractivity contribution in [1.29, 1.82) is 0 Å². The number of hydrogen-bond acceptors (Lipinski definition) is 5. The van der Waals surface area contributed by atoms with Crippen molar-refractivity contribution in [3.63, 3.8) is 0 Å². The van der Waals surface area contributed by atoms with Crippen molar-refractivity contribution >= 4 is 5.91 Å². The molecule has 1 aliphatic heterocycles. The first kappa shape index (κ1) is 21.1. The third-order valence-corrected chi connectivity index (χ3v) is 5.78. The molecule has 0 N–H and O–H groups in total. The standard InChI is InChI=1S/C25H29N3O3/c1-4-7-22-15-24(27-31-22)25(29)28-11-6-9-19(16-28)23-14-20(12-17(2)26-23)18-8-5-10-21(13-18)30-3/h5,8,10,12-15,19H,4,6-7,9,11,16H2,1-3H3. The van der Waals surface area contributed by atoms with E-state index in [9.17, 15) is 4.79 Å². The molecule has 1 atom stereocenters. The fraction of sp³-hybridized carbons (Fsp3) is 0.400. The molecule has 0 radical (unpaired) electrons. The summed E-state index contributed by atoms with van der Waals surface area (Å²) in [6.07, 6.45) is 3.71. The van der Waals surface area contributed by atoms with Crippen LogP contribution in [0.4, 0.5) is 0 Å². The molecule has 1 aromatic carbocycles. The molecule has 1 fully saturated rings. The molecular formula is C25H29N3O3. The molecule has 0 saturated carbocycles. The van der Waals surface area contributed by atoms with Crippen molar-refractivity contribution in [2.45, 2.75) is 45.4 Å². The van der Waals surface area contributed by atoms with E-state index in [-0.39, 0.29) is 11.8 Å². The fourth-order valence-corrected chi connectivity index (χ4v) is 4.22. The lowest BCUT2D eigenvalue weighted by molar-refractivity contribution is 0.0695. The highest BCUT2D eigenvalue weighted by Crippen LogP contribution is 2.31. The van der Waals surface area contributed by atoms with E-state index in [1.54, 1.807) is 13.2 Å². The number of pyridine rings is 1. The highest BCUT2D eigenvalue weighted by molar-refractivity contribution is 5.92. The summed E-state index contributed by atoms with van der Waals surface area (Å²) in [7, 11) is 1.68. The van der Waals surface area contributed by atoms with Crippen molar-refractivity contribution < 1.29 is 14.1 Å². The van der Waals surface area contributed by atoms with Gasteiger partial charge in [0.25, 0.3) is 5.91 Å². The summed E-state index contributed by atoms with van der Waals surface area (Å²) >= 11 is 0. The smallest absolute Gasteiger partial charge is 0.276 e. The van der Waals surface area contributed by atoms with E-state index < -0.39 is 0 Å². The van der Waals surface area contributed by atoms with Crippen LogP contribution >= 0.6 is 0 Å². The molecule has 3 aromatic rings. The summed E-state index contributed by atoms with van der Waals surface area (Å²) in [6.45, 7) is 5.47. The number of benzene rings is 1. The number of hydrogen-bond donors (Lipinski definition) is 0. The normalized spacial score (nSPS) is 16.4. The number of aromatic nitrogens is 2. The molecule has 162 valence electrons. The number of nitrogens with zero attached hydrogens (tertiary/aromatic N) is 3. The number of carbonyl (C=O) groups excluding carboxylic acids is 1.